The molecule has 0 spiro atoms. The van der Waals surface area contributed by atoms with Crippen LogP contribution < -0.4 is 16.2 Å². The average Bonchev–Trinajstić information content (AvgIpc) is 3.28. The van der Waals surface area contributed by atoms with E-state index in [0.29, 0.717) is 12.3 Å². The number of hydrogen-bond donors (Lipinski definition) is 4. The van der Waals surface area contributed by atoms with Gasteiger partial charge in [-0.15, -0.1) is 0 Å². The number of carbonyl (C=O) groups is 1. The Balaban J connectivity index is 1.56. The van der Waals surface area contributed by atoms with Crippen LogP contribution in [0.25, 0.3) is 0 Å². The molecule has 8 heteroatoms. The Morgan fingerprint density at radius 1 is 1.29 bits per heavy atom. The molecule has 2 aliphatic rings. The largest absolute Gasteiger partial charge is 0.416 e. The summed E-state index contributed by atoms with van der Waals surface area (Å²) in [5.41, 5.74) is 4.85. The number of alkyl halides is 3. The number of aliphatic hydroxyl groups excluding tert-OH is 1. The van der Waals surface area contributed by atoms with E-state index in [0.717, 1.165) is 18.9 Å². The summed E-state index contributed by atoms with van der Waals surface area (Å²) in [6.07, 6.45) is -3.01. The van der Waals surface area contributed by atoms with Crippen molar-refractivity contribution in [3.8, 4) is 0 Å². The fraction of sp³-hybridized carbons (Fsp3) is 0.562. The van der Waals surface area contributed by atoms with Crippen molar-refractivity contribution in [1.29, 1.82) is 0 Å². The first-order chi connectivity index (χ1) is 11.4. The lowest BCUT2D eigenvalue weighted by Crippen LogP contribution is -2.44. The van der Waals surface area contributed by atoms with Gasteiger partial charge in [0.15, 0.2) is 0 Å². The first-order valence-electron chi connectivity index (χ1n) is 7.99. The normalized spacial score (nSPS) is 25.5. The summed E-state index contributed by atoms with van der Waals surface area (Å²) in [7, 11) is 0. The van der Waals surface area contributed by atoms with Gasteiger partial charge in [-0.05, 0) is 36.8 Å². The van der Waals surface area contributed by atoms with Gasteiger partial charge < -0.3 is 10.4 Å². The number of hydrazine groups is 1. The van der Waals surface area contributed by atoms with E-state index >= 15 is 0 Å². The van der Waals surface area contributed by atoms with Crippen LogP contribution in [-0.2, 0) is 11.0 Å². The van der Waals surface area contributed by atoms with Crippen molar-refractivity contribution >= 4 is 5.91 Å². The van der Waals surface area contributed by atoms with Crippen molar-refractivity contribution in [3.05, 3.63) is 35.4 Å². The Bertz CT molecular complexity index is 604. The summed E-state index contributed by atoms with van der Waals surface area (Å²) in [4.78, 5) is 12.1. The van der Waals surface area contributed by atoms with Crippen molar-refractivity contribution in [2.24, 2.45) is 5.92 Å². The van der Waals surface area contributed by atoms with Gasteiger partial charge in [0, 0.05) is 12.6 Å². The molecule has 1 aliphatic heterocycles. The molecule has 24 heavy (non-hydrogen) atoms. The summed E-state index contributed by atoms with van der Waals surface area (Å²) in [6.45, 7) is -0.266. The van der Waals surface area contributed by atoms with Crippen LogP contribution in [0.15, 0.2) is 24.3 Å². The molecule has 1 saturated carbocycles. The maximum atomic E-state index is 13.0. The highest BCUT2D eigenvalue weighted by Gasteiger charge is 2.39. The predicted octanol–water partition coefficient (Wildman–Crippen LogP) is 1.50. The molecule has 3 unspecified atom stereocenters. The molecule has 5 nitrogen and oxygen atoms in total. The SMILES string of the molecule is O=C(NCC(O)c1ccccc1C(F)(F)F)C1CC(C2CC2)NN1. The van der Waals surface area contributed by atoms with E-state index in [2.05, 4.69) is 16.2 Å². The lowest BCUT2D eigenvalue weighted by molar-refractivity contribution is -0.139. The lowest BCUT2D eigenvalue weighted by atomic mass is 10.0. The Morgan fingerprint density at radius 2 is 2.00 bits per heavy atom. The number of benzene rings is 1. The highest BCUT2D eigenvalue weighted by atomic mass is 19.4. The second-order valence-corrected chi connectivity index (χ2v) is 6.37. The molecule has 2 fully saturated rings. The minimum absolute atomic E-state index is 0.237. The van der Waals surface area contributed by atoms with Gasteiger partial charge in [0.1, 0.15) is 6.04 Å². The maximum Gasteiger partial charge on any atom is 0.416 e. The van der Waals surface area contributed by atoms with E-state index < -0.39 is 23.9 Å². The third-order valence-corrected chi connectivity index (χ3v) is 4.53. The van der Waals surface area contributed by atoms with E-state index in [1.165, 1.54) is 18.2 Å². The molecule has 1 saturated heterocycles. The maximum absolute atomic E-state index is 13.0. The van der Waals surface area contributed by atoms with Crippen molar-refractivity contribution < 1.29 is 23.1 Å². The second kappa shape index (κ2) is 6.70. The number of carbonyl (C=O) groups excluding carboxylic acids is 1. The van der Waals surface area contributed by atoms with Crippen molar-refractivity contribution in [2.45, 2.75) is 43.6 Å². The van der Waals surface area contributed by atoms with Crippen molar-refractivity contribution in [3.63, 3.8) is 0 Å². The number of hydrogen-bond acceptors (Lipinski definition) is 4. The first kappa shape index (κ1) is 17.2. The highest BCUT2D eigenvalue weighted by Crippen LogP contribution is 2.36. The molecule has 1 aromatic rings. The Hall–Kier alpha value is -1.64. The van der Waals surface area contributed by atoms with E-state index in [4.69, 9.17) is 0 Å². The highest BCUT2D eigenvalue weighted by molar-refractivity contribution is 5.82. The fourth-order valence-corrected chi connectivity index (χ4v) is 3.04. The van der Waals surface area contributed by atoms with Crippen LogP contribution in [0.4, 0.5) is 13.2 Å². The Morgan fingerprint density at radius 3 is 2.67 bits per heavy atom. The number of amides is 1. The van der Waals surface area contributed by atoms with Crippen LogP contribution in [0.2, 0.25) is 0 Å². The monoisotopic (exact) mass is 343 g/mol. The molecule has 1 aliphatic carbocycles. The fourth-order valence-electron chi connectivity index (χ4n) is 3.04. The molecular weight excluding hydrogens is 323 g/mol. The standard InChI is InChI=1S/C16H20F3N3O2/c17-16(18,19)11-4-2-1-3-10(11)14(23)8-20-15(24)13-7-12(21-22-13)9-5-6-9/h1-4,9,12-14,21-23H,5-8H2,(H,20,24). The smallest absolute Gasteiger partial charge is 0.387 e. The van der Waals surface area contributed by atoms with E-state index in [-0.39, 0.29) is 24.1 Å². The predicted molar refractivity (Wildman–Crippen MR) is 80.6 cm³/mol. The number of aliphatic hydroxyl groups is 1. The van der Waals surface area contributed by atoms with Crippen LogP contribution >= 0.6 is 0 Å². The van der Waals surface area contributed by atoms with Crippen LogP contribution in [0.5, 0.6) is 0 Å². The molecule has 3 rings (SSSR count). The number of nitrogens with one attached hydrogen (secondary N) is 3. The zero-order chi connectivity index (χ0) is 17.3. The van der Waals surface area contributed by atoms with Crippen LogP contribution in [0.1, 0.15) is 36.5 Å². The molecule has 0 bridgehead atoms. The van der Waals surface area contributed by atoms with Crippen LogP contribution in [0.3, 0.4) is 0 Å². The summed E-state index contributed by atoms with van der Waals surface area (Å²) in [6, 6.07) is 4.67. The van der Waals surface area contributed by atoms with E-state index in [1.807, 2.05) is 0 Å². The van der Waals surface area contributed by atoms with E-state index in [1.54, 1.807) is 0 Å². The molecular formula is C16H20F3N3O2. The van der Waals surface area contributed by atoms with Gasteiger partial charge >= 0.3 is 6.18 Å². The van der Waals surface area contributed by atoms with Crippen molar-refractivity contribution in [1.82, 2.24) is 16.2 Å². The quantitative estimate of drug-likeness (QED) is 0.654. The summed E-state index contributed by atoms with van der Waals surface area (Å²) in [5, 5.41) is 12.6. The average molecular weight is 343 g/mol. The zero-order valence-corrected chi connectivity index (χ0v) is 12.9. The molecule has 0 radical (unpaired) electrons. The van der Waals surface area contributed by atoms with Gasteiger partial charge in [-0.25, -0.2) is 5.43 Å². The van der Waals surface area contributed by atoms with Gasteiger partial charge in [0.2, 0.25) is 5.91 Å². The van der Waals surface area contributed by atoms with Crippen LogP contribution in [-0.4, -0.2) is 29.6 Å². The first-order valence-corrected chi connectivity index (χ1v) is 7.99. The van der Waals surface area contributed by atoms with Crippen LogP contribution in [0, 0.1) is 5.92 Å². The lowest BCUT2D eigenvalue weighted by Gasteiger charge is -2.18. The number of rotatable bonds is 5. The molecule has 1 amide bonds. The van der Waals surface area contributed by atoms with Gasteiger partial charge in [0.05, 0.1) is 11.7 Å². The molecule has 4 N–H and O–H groups in total. The third kappa shape index (κ3) is 3.88. The molecule has 3 atom stereocenters. The van der Waals surface area contributed by atoms with Crippen molar-refractivity contribution in [2.75, 3.05) is 6.54 Å². The molecule has 132 valence electrons. The summed E-state index contributed by atoms with van der Waals surface area (Å²) < 4.78 is 38.9. The molecule has 0 aromatic heterocycles. The minimum atomic E-state index is -4.55. The van der Waals surface area contributed by atoms with E-state index in [9.17, 15) is 23.1 Å². The molecule has 1 heterocycles. The van der Waals surface area contributed by atoms with Gasteiger partial charge in [-0.2, -0.15) is 13.2 Å². The third-order valence-electron chi connectivity index (χ3n) is 4.53. The Labute approximate surface area is 137 Å². The summed E-state index contributed by atoms with van der Waals surface area (Å²) in [5.74, 6) is 0.272. The van der Waals surface area contributed by atoms with Gasteiger partial charge in [0.25, 0.3) is 0 Å². The second-order valence-electron chi connectivity index (χ2n) is 6.37. The Kier molecular flexibility index (Phi) is 4.80. The topological polar surface area (TPSA) is 73.4 Å². The minimum Gasteiger partial charge on any atom is -0.387 e. The molecule has 1 aromatic carbocycles. The summed E-state index contributed by atoms with van der Waals surface area (Å²) >= 11 is 0. The zero-order valence-electron chi connectivity index (χ0n) is 12.9. The van der Waals surface area contributed by atoms with Gasteiger partial charge in [-0.3, -0.25) is 10.2 Å². The van der Waals surface area contributed by atoms with Gasteiger partial charge in [-0.1, -0.05) is 18.2 Å². The number of halogens is 3.